The van der Waals surface area contributed by atoms with Gasteiger partial charge in [-0.05, 0) is 49.2 Å². The minimum atomic E-state index is -0.0212. The molecule has 126 valence electrons. The number of nitrogens with zero attached hydrogens (tertiary/aromatic N) is 3. The van der Waals surface area contributed by atoms with Crippen molar-refractivity contribution in [1.29, 1.82) is 0 Å². The highest BCUT2D eigenvalue weighted by Gasteiger charge is 2.25. The Morgan fingerprint density at radius 1 is 1.08 bits per heavy atom. The molecule has 1 unspecified atom stereocenters. The number of hydrogen-bond donors (Lipinski definition) is 1. The fourth-order valence-corrected chi connectivity index (χ4v) is 3.28. The summed E-state index contributed by atoms with van der Waals surface area (Å²) in [5.74, 6) is -0.0212. The van der Waals surface area contributed by atoms with Crippen LogP contribution in [0.1, 0.15) is 23.3 Å². The number of likely N-dealkylation sites (tertiary alicyclic amines) is 1. The molecule has 1 aliphatic heterocycles. The number of amides is 1. The number of pyridine rings is 2. The Balaban J connectivity index is 1.49. The average Bonchev–Trinajstić information content (AvgIpc) is 2.68. The molecule has 3 aromatic rings. The van der Waals surface area contributed by atoms with Crippen LogP contribution in [0.2, 0.25) is 0 Å². The molecule has 5 nitrogen and oxygen atoms in total. The van der Waals surface area contributed by atoms with E-state index in [0.29, 0.717) is 17.9 Å². The van der Waals surface area contributed by atoms with Crippen LogP contribution in [-0.4, -0.2) is 39.9 Å². The fraction of sp³-hybridized carbons (Fsp3) is 0.250. The lowest BCUT2D eigenvalue weighted by molar-refractivity contribution is 0.0709. The van der Waals surface area contributed by atoms with E-state index < -0.39 is 0 Å². The maximum absolute atomic E-state index is 12.8. The molecule has 1 fully saturated rings. The summed E-state index contributed by atoms with van der Waals surface area (Å²) in [4.78, 5) is 23.4. The number of piperidine rings is 1. The predicted octanol–water partition coefficient (Wildman–Crippen LogP) is 3.35. The summed E-state index contributed by atoms with van der Waals surface area (Å²) >= 11 is 0. The van der Waals surface area contributed by atoms with Crippen molar-refractivity contribution in [1.82, 2.24) is 14.9 Å². The molecule has 2 aromatic heterocycles. The summed E-state index contributed by atoms with van der Waals surface area (Å²) in [5.41, 5.74) is 2.17. The summed E-state index contributed by atoms with van der Waals surface area (Å²) in [6.07, 6.45) is 3.75. The van der Waals surface area contributed by atoms with E-state index in [4.69, 9.17) is 0 Å². The van der Waals surface area contributed by atoms with E-state index in [9.17, 15) is 4.79 Å². The molecule has 0 spiro atoms. The Kier molecular flexibility index (Phi) is 4.29. The third-order valence-corrected chi connectivity index (χ3v) is 4.54. The first-order valence-electron chi connectivity index (χ1n) is 8.62. The number of carbonyl (C=O) groups is 1. The van der Waals surface area contributed by atoms with Gasteiger partial charge in [0.2, 0.25) is 0 Å². The molecular formula is C20H20N4O. The smallest absolute Gasteiger partial charge is 0.272 e. The van der Waals surface area contributed by atoms with Crippen LogP contribution in [0.5, 0.6) is 0 Å². The van der Waals surface area contributed by atoms with Crippen molar-refractivity contribution in [3.05, 3.63) is 66.5 Å². The van der Waals surface area contributed by atoms with E-state index in [1.807, 2.05) is 41.3 Å². The molecule has 3 heterocycles. The van der Waals surface area contributed by atoms with Crippen LogP contribution in [0.25, 0.3) is 11.0 Å². The molecule has 1 aliphatic rings. The SMILES string of the molecule is O=C(c1ccc2cccnc2n1)N1CCCC(Nc2ccccc2)C1. The first-order valence-corrected chi connectivity index (χ1v) is 8.62. The summed E-state index contributed by atoms with van der Waals surface area (Å²) in [5, 5.41) is 4.47. The van der Waals surface area contributed by atoms with Gasteiger partial charge in [0, 0.05) is 36.4 Å². The maximum Gasteiger partial charge on any atom is 0.272 e. The van der Waals surface area contributed by atoms with Gasteiger partial charge in [-0.15, -0.1) is 0 Å². The zero-order chi connectivity index (χ0) is 17.1. The van der Waals surface area contributed by atoms with Gasteiger partial charge in [0.15, 0.2) is 5.65 Å². The van der Waals surface area contributed by atoms with Gasteiger partial charge in [-0.25, -0.2) is 9.97 Å². The largest absolute Gasteiger partial charge is 0.381 e. The summed E-state index contributed by atoms with van der Waals surface area (Å²) in [7, 11) is 0. The van der Waals surface area contributed by atoms with Crippen LogP contribution < -0.4 is 5.32 Å². The van der Waals surface area contributed by atoms with Crippen LogP contribution in [0.15, 0.2) is 60.8 Å². The average molecular weight is 332 g/mol. The Morgan fingerprint density at radius 3 is 2.84 bits per heavy atom. The molecule has 1 amide bonds. The molecule has 4 rings (SSSR count). The second kappa shape index (κ2) is 6.89. The van der Waals surface area contributed by atoms with Crippen LogP contribution in [-0.2, 0) is 0 Å². The molecule has 1 atom stereocenters. The van der Waals surface area contributed by atoms with Crippen LogP contribution in [0, 0.1) is 0 Å². The number of nitrogens with one attached hydrogen (secondary N) is 1. The van der Waals surface area contributed by atoms with Gasteiger partial charge in [0.25, 0.3) is 5.91 Å². The first-order chi connectivity index (χ1) is 12.3. The van der Waals surface area contributed by atoms with E-state index in [-0.39, 0.29) is 11.9 Å². The standard InChI is InChI=1S/C20H20N4O/c25-20(18-11-10-15-6-4-12-21-19(15)23-18)24-13-5-9-17(14-24)22-16-7-2-1-3-8-16/h1-4,6-8,10-12,17,22H,5,9,13-14H2. The number of fused-ring (bicyclic) bond motifs is 1. The van der Waals surface area contributed by atoms with Crippen molar-refractivity contribution in [3.8, 4) is 0 Å². The monoisotopic (exact) mass is 332 g/mol. The molecule has 1 saturated heterocycles. The van der Waals surface area contributed by atoms with Crippen LogP contribution in [0.3, 0.4) is 0 Å². The molecule has 25 heavy (non-hydrogen) atoms. The molecular weight excluding hydrogens is 312 g/mol. The number of rotatable bonds is 3. The number of anilines is 1. The van der Waals surface area contributed by atoms with Gasteiger partial charge in [0.05, 0.1) is 0 Å². The van der Waals surface area contributed by atoms with E-state index in [0.717, 1.165) is 30.5 Å². The van der Waals surface area contributed by atoms with Crippen molar-refractivity contribution in [2.24, 2.45) is 0 Å². The predicted molar refractivity (Wildman–Crippen MR) is 98.5 cm³/mol. The van der Waals surface area contributed by atoms with Gasteiger partial charge >= 0.3 is 0 Å². The Labute approximate surface area is 146 Å². The highest BCUT2D eigenvalue weighted by atomic mass is 16.2. The quantitative estimate of drug-likeness (QED) is 0.799. The third-order valence-electron chi connectivity index (χ3n) is 4.54. The third kappa shape index (κ3) is 3.45. The second-order valence-corrected chi connectivity index (χ2v) is 6.35. The Hall–Kier alpha value is -2.95. The Morgan fingerprint density at radius 2 is 1.96 bits per heavy atom. The molecule has 1 N–H and O–H groups in total. The van der Waals surface area contributed by atoms with Crippen molar-refractivity contribution in [2.45, 2.75) is 18.9 Å². The van der Waals surface area contributed by atoms with E-state index in [1.54, 1.807) is 12.3 Å². The van der Waals surface area contributed by atoms with E-state index >= 15 is 0 Å². The van der Waals surface area contributed by atoms with E-state index in [1.165, 1.54) is 0 Å². The van der Waals surface area contributed by atoms with Crippen molar-refractivity contribution in [3.63, 3.8) is 0 Å². The van der Waals surface area contributed by atoms with E-state index in [2.05, 4.69) is 27.4 Å². The lowest BCUT2D eigenvalue weighted by Crippen LogP contribution is -2.45. The maximum atomic E-state index is 12.8. The number of benzene rings is 1. The van der Waals surface area contributed by atoms with Gasteiger partial charge in [-0.3, -0.25) is 4.79 Å². The zero-order valence-electron chi connectivity index (χ0n) is 13.9. The molecule has 0 bridgehead atoms. The molecule has 0 aliphatic carbocycles. The fourth-order valence-electron chi connectivity index (χ4n) is 3.28. The minimum absolute atomic E-state index is 0.0212. The van der Waals surface area contributed by atoms with Crippen molar-refractivity contribution in [2.75, 3.05) is 18.4 Å². The summed E-state index contributed by atoms with van der Waals surface area (Å²) in [6, 6.07) is 17.9. The van der Waals surface area contributed by atoms with Gasteiger partial charge in [-0.1, -0.05) is 18.2 Å². The first kappa shape index (κ1) is 15.6. The summed E-state index contributed by atoms with van der Waals surface area (Å²) < 4.78 is 0. The topological polar surface area (TPSA) is 58.1 Å². The Bertz CT molecular complexity index is 881. The minimum Gasteiger partial charge on any atom is -0.381 e. The highest BCUT2D eigenvalue weighted by molar-refractivity contribution is 5.94. The summed E-state index contributed by atoms with van der Waals surface area (Å²) in [6.45, 7) is 1.46. The van der Waals surface area contributed by atoms with Crippen molar-refractivity contribution >= 4 is 22.6 Å². The number of aromatic nitrogens is 2. The highest BCUT2D eigenvalue weighted by Crippen LogP contribution is 2.18. The van der Waals surface area contributed by atoms with Crippen LogP contribution >= 0.6 is 0 Å². The van der Waals surface area contributed by atoms with Crippen LogP contribution in [0.4, 0.5) is 5.69 Å². The normalized spacial score (nSPS) is 17.4. The molecule has 1 aromatic carbocycles. The van der Waals surface area contributed by atoms with Gasteiger partial charge < -0.3 is 10.2 Å². The lowest BCUT2D eigenvalue weighted by Gasteiger charge is -2.33. The van der Waals surface area contributed by atoms with Crippen molar-refractivity contribution < 1.29 is 4.79 Å². The number of carbonyl (C=O) groups excluding carboxylic acids is 1. The molecule has 5 heteroatoms. The second-order valence-electron chi connectivity index (χ2n) is 6.35. The molecule has 0 radical (unpaired) electrons. The zero-order valence-corrected chi connectivity index (χ0v) is 13.9. The van der Waals surface area contributed by atoms with Gasteiger partial charge in [0.1, 0.15) is 5.69 Å². The number of hydrogen-bond acceptors (Lipinski definition) is 4. The lowest BCUT2D eigenvalue weighted by atomic mass is 10.0. The number of para-hydroxylation sites is 1. The molecule has 0 saturated carbocycles. The van der Waals surface area contributed by atoms with Gasteiger partial charge in [-0.2, -0.15) is 0 Å².